The molecule has 0 fully saturated rings. The van der Waals surface area contributed by atoms with Crippen molar-refractivity contribution in [3.05, 3.63) is 44.7 Å². The van der Waals surface area contributed by atoms with Gasteiger partial charge in [0.25, 0.3) is 10.0 Å². The largest absolute Gasteiger partial charge is 0.398 e. The fourth-order valence-electron chi connectivity index (χ4n) is 1.72. The van der Waals surface area contributed by atoms with Gasteiger partial charge in [-0.3, -0.25) is 0 Å². The van der Waals surface area contributed by atoms with Crippen LogP contribution in [0.5, 0.6) is 0 Å². The number of thiophene rings is 1. The standard InChI is InChI=1S/C12H12BrClN2O2S2/c1-7(8-4-2-3-5-10(8)15)16-20(17,18)11-6-9(14)12(13)19-11/h2-7,16H,15H2,1H3. The molecule has 8 heteroatoms. The lowest BCUT2D eigenvalue weighted by Crippen LogP contribution is -2.26. The van der Waals surface area contributed by atoms with Crippen molar-refractivity contribution < 1.29 is 8.42 Å². The maximum absolute atomic E-state index is 12.3. The zero-order valence-electron chi connectivity index (χ0n) is 10.4. The number of nitrogens with one attached hydrogen (secondary N) is 1. The van der Waals surface area contributed by atoms with E-state index in [-0.39, 0.29) is 4.21 Å². The number of hydrogen-bond donors (Lipinski definition) is 2. The van der Waals surface area contributed by atoms with Crippen LogP contribution in [0, 0.1) is 0 Å². The quantitative estimate of drug-likeness (QED) is 0.774. The van der Waals surface area contributed by atoms with Crippen LogP contribution in [-0.2, 0) is 10.0 Å². The zero-order chi connectivity index (χ0) is 14.9. The Morgan fingerprint density at radius 2 is 2.05 bits per heavy atom. The highest BCUT2D eigenvalue weighted by molar-refractivity contribution is 9.11. The molecule has 1 atom stereocenters. The molecule has 0 amide bonds. The van der Waals surface area contributed by atoms with Gasteiger partial charge in [0, 0.05) is 11.7 Å². The molecule has 0 spiro atoms. The van der Waals surface area contributed by atoms with E-state index in [9.17, 15) is 8.42 Å². The van der Waals surface area contributed by atoms with Gasteiger partial charge in [0.15, 0.2) is 0 Å². The molecule has 0 saturated heterocycles. The van der Waals surface area contributed by atoms with Gasteiger partial charge in [-0.1, -0.05) is 29.8 Å². The first kappa shape index (κ1) is 15.8. The molecule has 2 aromatic rings. The van der Waals surface area contributed by atoms with Crippen LogP contribution in [0.1, 0.15) is 18.5 Å². The SMILES string of the molecule is CC(NS(=O)(=O)c1cc(Cl)c(Br)s1)c1ccccc1N. The molecule has 0 aliphatic rings. The highest BCUT2D eigenvalue weighted by atomic mass is 79.9. The summed E-state index contributed by atoms with van der Waals surface area (Å²) in [6.07, 6.45) is 0. The van der Waals surface area contributed by atoms with Gasteiger partial charge in [-0.15, -0.1) is 11.3 Å². The van der Waals surface area contributed by atoms with E-state index in [1.807, 2.05) is 6.07 Å². The van der Waals surface area contributed by atoms with Crippen molar-refractivity contribution in [2.45, 2.75) is 17.2 Å². The summed E-state index contributed by atoms with van der Waals surface area (Å²) in [5.74, 6) is 0. The van der Waals surface area contributed by atoms with Gasteiger partial charge in [-0.2, -0.15) is 0 Å². The number of rotatable bonds is 4. The monoisotopic (exact) mass is 394 g/mol. The van der Waals surface area contributed by atoms with Crippen LogP contribution in [0.25, 0.3) is 0 Å². The topological polar surface area (TPSA) is 72.2 Å². The van der Waals surface area contributed by atoms with E-state index in [0.717, 1.165) is 16.9 Å². The molecule has 3 N–H and O–H groups in total. The molecule has 20 heavy (non-hydrogen) atoms. The third-order valence-corrected chi connectivity index (χ3v) is 7.17. The fourth-order valence-corrected chi connectivity index (χ4v) is 5.36. The first-order valence-corrected chi connectivity index (χ1v) is 9.10. The lowest BCUT2D eigenvalue weighted by Gasteiger charge is -2.15. The molecule has 4 nitrogen and oxygen atoms in total. The third kappa shape index (κ3) is 3.35. The molecule has 0 radical (unpaired) electrons. The predicted octanol–water partition coefficient (Wildman–Crippen LogP) is 3.79. The number of benzene rings is 1. The van der Waals surface area contributed by atoms with Crippen molar-refractivity contribution in [2.24, 2.45) is 0 Å². The van der Waals surface area contributed by atoms with E-state index in [2.05, 4.69) is 20.7 Å². The van der Waals surface area contributed by atoms with Crippen LogP contribution < -0.4 is 10.5 Å². The average molecular weight is 396 g/mol. The minimum atomic E-state index is -3.63. The smallest absolute Gasteiger partial charge is 0.250 e. The average Bonchev–Trinajstić information content (AvgIpc) is 2.70. The summed E-state index contributed by atoms with van der Waals surface area (Å²) < 4.78 is 27.9. The van der Waals surface area contributed by atoms with E-state index in [1.165, 1.54) is 6.07 Å². The molecule has 1 heterocycles. The zero-order valence-corrected chi connectivity index (χ0v) is 14.4. The van der Waals surface area contributed by atoms with Gasteiger partial charge in [0.05, 0.1) is 8.81 Å². The Labute approximate surface area is 135 Å². The van der Waals surface area contributed by atoms with E-state index in [0.29, 0.717) is 14.5 Å². The summed E-state index contributed by atoms with van der Waals surface area (Å²) in [6.45, 7) is 1.74. The number of hydrogen-bond acceptors (Lipinski definition) is 4. The molecule has 1 unspecified atom stereocenters. The molecule has 0 aliphatic carbocycles. The number of sulfonamides is 1. The molecule has 0 bridgehead atoms. The molecule has 1 aromatic heterocycles. The van der Waals surface area contributed by atoms with Crippen molar-refractivity contribution in [1.82, 2.24) is 4.72 Å². The first-order chi connectivity index (χ1) is 9.31. The molecule has 1 aromatic carbocycles. The van der Waals surface area contributed by atoms with Gasteiger partial charge in [-0.25, -0.2) is 13.1 Å². The Bertz CT molecular complexity index is 711. The van der Waals surface area contributed by atoms with Crippen molar-refractivity contribution in [1.29, 1.82) is 0 Å². The molecular formula is C12H12BrClN2O2S2. The van der Waals surface area contributed by atoms with Crippen molar-refractivity contribution in [3.63, 3.8) is 0 Å². The summed E-state index contributed by atoms with van der Waals surface area (Å²) in [4.78, 5) is 0. The van der Waals surface area contributed by atoms with Crippen LogP contribution >= 0.6 is 38.9 Å². The lowest BCUT2D eigenvalue weighted by molar-refractivity contribution is 0.569. The molecule has 0 saturated carbocycles. The molecule has 2 rings (SSSR count). The summed E-state index contributed by atoms with van der Waals surface area (Å²) in [7, 11) is -3.63. The van der Waals surface area contributed by atoms with Crippen LogP contribution in [-0.4, -0.2) is 8.42 Å². The second kappa shape index (κ2) is 6.03. The Hall–Kier alpha value is -0.600. The lowest BCUT2D eigenvalue weighted by atomic mass is 10.1. The van der Waals surface area contributed by atoms with Gasteiger partial charge in [0.2, 0.25) is 0 Å². The van der Waals surface area contributed by atoms with E-state index in [4.69, 9.17) is 17.3 Å². The Morgan fingerprint density at radius 3 is 2.60 bits per heavy atom. The second-order valence-corrected chi connectivity index (χ2v) is 8.88. The normalized spacial score (nSPS) is 13.3. The van der Waals surface area contributed by atoms with E-state index < -0.39 is 16.1 Å². The number of anilines is 1. The number of halogens is 2. The van der Waals surface area contributed by atoms with Crippen LogP contribution in [0.15, 0.2) is 38.3 Å². The highest BCUT2D eigenvalue weighted by Gasteiger charge is 2.22. The number of nitrogens with two attached hydrogens (primary N) is 1. The van der Waals surface area contributed by atoms with E-state index >= 15 is 0 Å². The maximum Gasteiger partial charge on any atom is 0.250 e. The predicted molar refractivity (Wildman–Crippen MR) is 86.6 cm³/mol. The highest BCUT2D eigenvalue weighted by Crippen LogP contribution is 2.35. The van der Waals surface area contributed by atoms with Crippen molar-refractivity contribution in [2.75, 3.05) is 5.73 Å². The number of para-hydroxylation sites is 1. The van der Waals surface area contributed by atoms with Crippen molar-refractivity contribution in [3.8, 4) is 0 Å². The Morgan fingerprint density at radius 1 is 1.40 bits per heavy atom. The third-order valence-electron chi connectivity index (χ3n) is 2.68. The van der Waals surface area contributed by atoms with Crippen LogP contribution in [0.4, 0.5) is 5.69 Å². The Balaban J connectivity index is 2.27. The summed E-state index contributed by atoms with van der Waals surface area (Å²) >= 11 is 10.1. The van der Waals surface area contributed by atoms with Crippen LogP contribution in [0.2, 0.25) is 5.02 Å². The molecular weight excluding hydrogens is 384 g/mol. The van der Waals surface area contributed by atoms with E-state index in [1.54, 1.807) is 25.1 Å². The number of nitrogen functional groups attached to an aromatic ring is 1. The molecule has 0 aliphatic heterocycles. The summed E-state index contributed by atoms with van der Waals surface area (Å²) in [5, 5.41) is 0.377. The van der Waals surface area contributed by atoms with Gasteiger partial charge >= 0.3 is 0 Å². The van der Waals surface area contributed by atoms with Crippen LogP contribution in [0.3, 0.4) is 0 Å². The van der Waals surface area contributed by atoms with Gasteiger partial charge in [0.1, 0.15) is 4.21 Å². The second-order valence-electron chi connectivity index (χ2n) is 4.16. The summed E-state index contributed by atoms with van der Waals surface area (Å²) in [5.41, 5.74) is 7.13. The molecule has 108 valence electrons. The van der Waals surface area contributed by atoms with Gasteiger partial charge < -0.3 is 5.73 Å². The fraction of sp³-hybridized carbons (Fsp3) is 0.167. The Kier molecular flexibility index (Phi) is 4.76. The van der Waals surface area contributed by atoms with Crippen molar-refractivity contribution >= 4 is 54.6 Å². The van der Waals surface area contributed by atoms with Gasteiger partial charge in [-0.05, 0) is 40.5 Å². The maximum atomic E-state index is 12.3. The minimum Gasteiger partial charge on any atom is -0.398 e. The first-order valence-electron chi connectivity index (χ1n) is 5.63. The summed E-state index contributed by atoms with van der Waals surface area (Å²) in [6, 6.07) is 8.13. The minimum absolute atomic E-state index is 0.163.